The van der Waals surface area contributed by atoms with Gasteiger partial charge < -0.3 is 14.8 Å². The van der Waals surface area contributed by atoms with Crippen molar-refractivity contribution in [1.82, 2.24) is 9.78 Å². The monoisotopic (exact) mass is 273 g/mol. The molecular weight excluding hydrogens is 254 g/mol. The molecule has 1 aliphatic rings. The van der Waals surface area contributed by atoms with Gasteiger partial charge in [0.25, 0.3) is 0 Å². The summed E-state index contributed by atoms with van der Waals surface area (Å²) in [6.07, 6.45) is 0.991. The summed E-state index contributed by atoms with van der Waals surface area (Å²) in [6.45, 7) is 3.91. The Kier molecular flexibility index (Phi) is 3.26. The third kappa shape index (κ3) is 1.81. The predicted octanol–water partition coefficient (Wildman–Crippen LogP) is 2.56. The number of hydrogen-bond donors (Lipinski definition) is 1. The molecule has 1 aromatic heterocycles. The molecule has 20 heavy (non-hydrogen) atoms. The molecule has 0 unspecified atom stereocenters. The second kappa shape index (κ2) is 5.07. The molecule has 0 bridgehead atoms. The molecule has 5 heteroatoms. The second-order valence-corrected chi connectivity index (χ2v) is 4.71. The van der Waals surface area contributed by atoms with Crippen LogP contribution in [0.3, 0.4) is 0 Å². The average Bonchev–Trinajstić information content (AvgIpc) is 3.08. The topological polar surface area (TPSA) is 48.3 Å². The lowest BCUT2D eigenvalue weighted by atomic mass is 10.1. The van der Waals surface area contributed by atoms with E-state index in [4.69, 9.17) is 14.6 Å². The van der Waals surface area contributed by atoms with Gasteiger partial charge in [0.05, 0.1) is 14.2 Å². The van der Waals surface area contributed by atoms with Crippen LogP contribution in [0.2, 0.25) is 0 Å². The van der Waals surface area contributed by atoms with Gasteiger partial charge in [-0.2, -0.15) is 5.10 Å². The number of rotatable bonds is 4. The van der Waals surface area contributed by atoms with Gasteiger partial charge in [-0.25, -0.2) is 4.68 Å². The average molecular weight is 273 g/mol. The highest BCUT2D eigenvalue weighted by atomic mass is 16.5. The van der Waals surface area contributed by atoms with E-state index >= 15 is 0 Å². The van der Waals surface area contributed by atoms with Gasteiger partial charge in [0.15, 0.2) is 11.5 Å². The first kappa shape index (κ1) is 12.8. The van der Waals surface area contributed by atoms with Crippen molar-refractivity contribution >= 4 is 5.82 Å². The van der Waals surface area contributed by atoms with Crippen molar-refractivity contribution in [3.8, 4) is 22.8 Å². The smallest absolute Gasteiger partial charge is 0.170 e. The van der Waals surface area contributed by atoms with Crippen molar-refractivity contribution in [2.75, 3.05) is 26.1 Å². The van der Waals surface area contributed by atoms with Crippen LogP contribution >= 0.6 is 0 Å². The summed E-state index contributed by atoms with van der Waals surface area (Å²) in [6, 6.07) is 5.90. The van der Waals surface area contributed by atoms with E-state index in [9.17, 15) is 0 Å². The minimum atomic E-state index is 0.732. The molecule has 0 saturated carbocycles. The van der Waals surface area contributed by atoms with Gasteiger partial charge in [-0.1, -0.05) is 6.07 Å². The Hall–Kier alpha value is -2.17. The number of benzene rings is 1. The minimum absolute atomic E-state index is 0.732. The van der Waals surface area contributed by atoms with Crippen LogP contribution in [0.5, 0.6) is 11.5 Å². The van der Waals surface area contributed by atoms with Gasteiger partial charge in [-0.3, -0.25) is 0 Å². The molecule has 0 atom stereocenters. The van der Waals surface area contributed by atoms with Gasteiger partial charge in [0.1, 0.15) is 11.5 Å². The lowest BCUT2D eigenvalue weighted by Crippen LogP contribution is -2.04. The number of hydrogen-bond acceptors (Lipinski definition) is 4. The Morgan fingerprint density at radius 2 is 2.15 bits per heavy atom. The zero-order chi connectivity index (χ0) is 14.1. The Labute approximate surface area is 118 Å². The van der Waals surface area contributed by atoms with Gasteiger partial charge in [-0.15, -0.1) is 0 Å². The maximum Gasteiger partial charge on any atom is 0.170 e. The van der Waals surface area contributed by atoms with Crippen molar-refractivity contribution in [2.24, 2.45) is 0 Å². The number of ether oxygens (including phenoxy) is 2. The fourth-order valence-corrected chi connectivity index (χ4v) is 2.76. The predicted molar refractivity (Wildman–Crippen MR) is 78.6 cm³/mol. The first-order valence-corrected chi connectivity index (χ1v) is 6.85. The van der Waals surface area contributed by atoms with Crippen molar-refractivity contribution in [3.05, 3.63) is 23.8 Å². The summed E-state index contributed by atoms with van der Waals surface area (Å²) < 4.78 is 12.9. The number of aryl methyl sites for hydroxylation is 1. The van der Waals surface area contributed by atoms with Crippen LogP contribution in [-0.4, -0.2) is 30.5 Å². The number of anilines is 1. The standard InChI is InChI=1S/C15H19N3O2/c1-4-18-15-11(8-9-16-15)13(17-18)10-6-5-7-12(19-2)14(10)20-3/h5-7,16H,4,8-9H2,1-3H3. The number of fused-ring (bicyclic) bond motifs is 1. The zero-order valence-corrected chi connectivity index (χ0v) is 12.1. The number of nitrogens with zero attached hydrogens (tertiary/aromatic N) is 2. The largest absolute Gasteiger partial charge is 0.493 e. The molecule has 0 aliphatic carbocycles. The van der Waals surface area contributed by atoms with E-state index in [2.05, 4.69) is 12.2 Å². The number of nitrogens with one attached hydrogen (secondary N) is 1. The van der Waals surface area contributed by atoms with Crippen LogP contribution < -0.4 is 14.8 Å². The summed E-state index contributed by atoms with van der Waals surface area (Å²) in [5.41, 5.74) is 3.24. The lowest BCUT2D eigenvalue weighted by Gasteiger charge is -2.11. The molecule has 3 rings (SSSR count). The summed E-state index contributed by atoms with van der Waals surface area (Å²) in [7, 11) is 3.31. The Morgan fingerprint density at radius 3 is 2.85 bits per heavy atom. The maximum atomic E-state index is 5.53. The Morgan fingerprint density at radius 1 is 1.30 bits per heavy atom. The van der Waals surface area contributed by atoms with E-state index in [1.54, 1.807) is 14.2 Å². The van der Waals surface area contributed by atoms with Gasteiger partial charge in [-0.05, 0) is 25.5 Å². The molecule has 5 nitrogen and oxygen atoms in total. The van der Waals surface area contributed by atoms with Crippen LogP contribution in [-0.2, 0) is 13.0 Å². The molecule has 0 fully saturated rings. The molecule has 2 aromatic rings. The fourth-order valence-electron chi connectivity index (χ4n) is 2.76. The highest BCUT2D eigenvalue weighted by molar-refractivity contribution is 5.77. The summed E-state index contributed by atoms with van der Waals surface area (Å²) in [4.78, 5) is 0. The van der Waals surface area contributed by atoms with Crippen LogP contribution in [0, 0.1) is 0 Å². The van der Waals surface area contributed by atoms with E-state index in [-0.39, 0.29) is 0 Å². The van der Waals surface area contributed by atoms with Gasteiger partial charge >= 0.3 is 0 Å². The third-order valence-electron chi connectivity index (χ3n) is 3.68. The van der Waals surface area contributed by atoms with E-state index in [0.29, 0.717) is 0 Å². The highest BCUT2D eigenvalue weighted by Gasteiger charge is 2.25. The first-order valence-electron chi connectivity index (χ1n) is 6.85. The molecule has 0 radical (unpaired) electrons. The molecule has 1 aromatic carbocycles. The molecule has 0 amide bonds. The van der Waals surface area contributed by atoms with E-state index < -0.39 is 0 Å². The van der Waals surface area contributed by atoms with Crippen LogP contribution in [0.15, 0.2) is 18.2 Å². The third-order valence-corrected chi connectivity index (χ3v) is 3.68. The van der Waals surface area contributed by atoms with E-state index in [1.165, 1.54) is 5.56 Å². The van der Waals surface area contributed by atoms with Crippen molar-refractivity contribution in [1.29, 1.82) is 0 Å². The summed E-state index contributed by atoms with van der Waals surface area (Å²) in [5, 5.41) is 8.13. The number of aromatic nitrogens is 2. The Balaban J connectivity index is 2.19. The van der Waals surface area contributed by atoms with Gasteiger partial charge in [0.2, 0.25) is 0 Å². The highest BCUT2D eigenvalue weighted by Crippen LogP contribution is 2.41. The van der Waals surface area contributed by atoms with Crippen LogP contribution in [0.4, 0.5) is 5.82 Å². The van der Waals surface area contributed by atoms with E-state index in [1.807, 2.05) is 22.9 Å². The molecule has 106 valence electrons. The maximum absolute atomic E-state index is 5.53. The second-order valence-electron chi connectivity index (χ2n) is 4.71. The normalized spacial score (nSPS) is 12.9. The Bertz CT molecular complexity index is 634. The fraction of sp³-hybridized carbons (Fsp3) is 0.400. The molecule has 1 N–H and O–H groups in total. The summed E-state index contributed by atoms with van der Waals surface area (Å²) in [5.74, 6) is 2.61. The SMILES string of the molecule is CCn1nc(-c2cccc(OC)c2OC)c2c1NCC2. The zero-order valence-electron chi connectivity index (χ0n) is 12.1. The molecule has 0 saturated heterocycles. The minimum Gasteiger partial charge on any atom is -0.493 e. The van der Waals surface area contributed by atoms with Crippen molar-refractivity contribution < 1.29 is 9.47 Å². The molecular formula is C15H19N3O2. The molecule has 0 spiro atoms. The summed E-state index contributed by atoms with van der Waals surface area (Å²) >= 11 is 0. The van der Waals surface area contributed by atoms with Crippen LogP contribution in [0.25, 0.3) is 11.3 Å². The molecule has 1 aliphatic heterocycles. The number of methoxy groups -OCH3 is 2. The van der Waals surface area contributed by atoms with E-state index in [0.717, 1.165) is 48.1 Å². The lowest BCUT2D eigenvalue weighted by molar-refractivity contribution is 0.356. The number of para-hydroxylation sites is 1. The first-order chi connectivity index (χ1) is 9.80. The van der Waals surface area contributed by atoms with Crippen molar-refractivity contribution in [3.63, 3.8) is 0 Å². The quantitative estimate of drug-likeness (QED) is 0.930. The van der Waals surface area contributed by atoms with Crippen molar-refractivity contribution in [2.45, 2.75) is 19.9 Å². The van der Waals surface area contributed by atoms with Crippen LogP contribution in [0.1, 0.15) is 12.5 Å². The molecule has 2 heterocycles. The van der Waals surface area contributed by atoms with Gasteiger partial charge in [0, 0.05) is 24.2 Å².